The second-order valence-corrected chi connectivity index (χ2v) is 4.36. The van der Waals surface area contributed by atoms with Crippen molar-refractivity contribution in [1.82, 2.24) is 5.32 Å². The molecule has 0 saturated heterocycles. The molecule has 2 unspecified atom stereocenters. The maximum absolute atomic E-state index is 3.35. The quantitative estimate of drug-likeness (QED) is 0.706. The van der Waals surface area contributed by atoms with Gasteiger partial charge in [0.05, 0.1) is 0 Å². The molecule has 1 aliphatic carbocycles. The lowest BCUT2D eigenvalue weighted by Gasteiger charge is -2.37. The van der Waals surface area contributed by atoms with Gasteiger partial charge in [-0.2, -0.15) is 0 Å². The molecule has 1 aliphatic rings. The Bertz CT molecular complexity index is 217. The molecule has 0 bridgehead atoms. The third-order valence-electron chi connectivity index (χ3n) is 3.28. The lowest BCUT2D eigenvalue weighted by Crippen LogP contribution is -2.37. The summed E-state index contributed by atoms with van der Waals surface area (Å²) in [6.07, 6.45) is 13.5. The number of rotatable bonds is 5. The van der Waals surface area contributed by atoms with Crippen molar-refractivity contribution < 1.29 is 0 Å². The normalized spacial score (nSPS) is 27.9. The summed E-state index contributed by atoms with van der Waals surface area (Å²) >= 11 is 0. The van der Waals surface area contributed by atoms with Gasteiger partial charge in [-0.15, -0.1) is 0 Å². The Balaban J connectivity index is 2.70. The van der Waals surface area contributed by atoms with Crippen molar-refractivity contribution in [3.8, 4) is 0 Å². The topological polar surface area (TPSA) is 12.0 Å². The Kier molecular flexibility index (Phi) is 4.40. The molecule has 1 radical (unpaired) electrons. The van der Waals surface area contributed by atoms with Crippen LogP contribution >= 0.6 is 0 Å². The first-order valence-electron chi connectivity index (χ1n) is 5.64. The van der Waals surface area contributed by atoms with Crippen LogP contribution in [-0.2, 0) is 0 Å². The van der Waals surface area contributed by atoms with E-state index < -0.39 is 0 Å². The summed E-state index contributed by atoms with van der Waals surface area (Å²) in [5.74, 6) is 0.734. The fourth-order valence-electron chi connectivity index (χ4n) is 2.30. The number of hydrogen-bond acceptors (Lipinski definition) is 1. The number of nitrogens with one attached hydrogen (secondary N) is 1. The molecule has 1 heteroatoms. The van der Waals surface area contributed by atoms with Gasteiger partial charge in [0, 0.05) is 12.0 Å². The summed E-state index contributed by atoms with van der Waals surface area (Å²) in [4.78, 5) is 0. The number of allylic oxidation sites excluding steroid dienone is 3. The van der Waals surface area contributed by atoms with E-state index in [1.807, 2.05) is 13.1 Å². The molecule has 0 spiro atoms. The third-order valence-corrected chi connectivity index (χ3v) is 3.28. The lowest BCUT2D eigenvalue weighted by molar-refractivity contribution is 0.224. The van der Waals surface area contributed by atoms with E-state index in [0.717, 1.165) is 18.9 Å². The van der Waals surface area contributed by atoms with Crippen molar-refractivity contribution in [2.24, 2.45) is 11.3 Å². The van der Waals surface area contributed by atoms with Gasteiger partial charge >= 0.3 is 0 Å². The third kappa shape index (κ3) is 2.48. The molecule has 2 atom stereocenters. The van der Waals surface area contributed by atoms with Crippen LogP contribution in [0.2, 0.25) is 0 Å². The molecule has 0 aromatic carbocycles. The van der Waals surface area contributed by atoms with E-state index in [9.17, 15) is 0 Å². The summed E-state index contributed by atoms with van der Waals surface area (Å²) in [7, 11) is 2.03. The molecule has 0 aromatic heterocycles. The largest absolute Gasteiger partial charge is 0.319 e. The molecule has 1 nitrogen and oxygen atoms in total. The van der Waals surface area contributed by atoms with Crippen molar-refractivity contribution in [3.05, 3.63) is 24.3 Å². The summed E-state index contributed by atoms with van der Waals surface area (Å²) in [6, 6.07) is 0. The Hall–Kier alpha value is -0.560. The monoisotopic (exact) mass is 192 g/mol. The van der Waals surface area contributed by atoms with E-state index >= 15 is 0 Å². The standard InChI is InChI=1S/C13H22N/c1-4-8-12(2)13(11-14-3)9-6-5-7-10-13/h5-6,9,12,14H,4,8,10-11H2,1-3H3. The van der Waals surface area contributed by atoms with E-state index in [4.69, 9.17) is 0 Å². The molecule has 79 valence electrons. The second-order valence-electron chi connectivity index (χ2n) is 4.36. The summed E-state index contributed by atoms with van der Waals surface area (Å²) < 4.78 is 0. The van der Waals surface area contributed by atoms with Crippen LogP contribution in [0.25, 0.3) is 0 Å². The maximum atomic E-state index is 3.35. The Morgan fingerprint density at radius 3 is 2.86 bits per heavy atom. The SMILES string of the molecule is CCCC(C)C1(CNC)C=CC=[C]C1. The van der Waals surface area contributed by atoms with Gasteiger partial charge in [-0.25, -0.2) is 0 Å². The minimum Gasteiger partial charge on any atom is -0.319 e. The zero-order chi connectivity index (χ0) is 10.4. The van der Waals surface area contributed by atoms with Crippen LogP contribution in [0.4, 0.5) is 0 Å². The minimum atomic E-state index is 0.305. The fourth-order valence-corrected chi connectivity index (χ4v) is 2.30. The highest BCUT2D eigenvalue weighted by Gasteiger charge is 2.32. The van der Waals surface area contributed by atoms with Gasteiger partial charge in [-0.1, -0.05) is 44.9 Å². The average Bonchev–Trinajstić information content (AvgIpc) is 2.20. The van der Waals surface area contributed by atoms with Crippen molar-refractivity contribution in [3.63, 3.8) is 0 Å². The van der Waals surface area contributed by atoms with E-state index in [0.29, 0.717) is 5.41 Å². The van der Waals surface area contributed by atoms with E-state index in [-0.39, 0.29) is 0 Å². The van der Waals surface area contributed by atoms with Crippen molar-refractivity contribution in [2.75, 3.05) is 13.6 Å². The molecular formula is C13H22N. The predicted octanol–water partition coefficient (Wildman–Crippen LogP) is 2.95. The highest BCUT2D eigenvalue weighted by Crippen LogP contribution is 2.37. The molecule has 14 heavy (non-hydrogen) atoms. The van der Waals surface area contributed by atoms with Gasteiger partial charge < -0.3 is 5.32 Å². The highest BCUT2D eigenvalue weighted by atomic mass is 14.8. The van der Waals surface area contributed by atoms with Crippen LogP contribution < -0.4 is 5.32 Å². The van der Waals surface area contributed by atoms with Crippen molar-refractivity contribution >= 4 is 0 Å². The van der Waals surface area contributed by atoms with Crippen LogP contribution in [0, 0.1) is 17.4 Å². The first-order chi connectivity index (χ1) is 6.75. The summed E-state index contributed by atoms with van der Waals surface area (Å²) in [6.45, 7) is 5.68. The van der Waals surface area contributed by atoms with E-state index in [1.54, 1.807) is 0 Å². The van der Waals surface area contributed by atoms with Gasteiger partial charge in [-0.3, -0.25) is 0 Å². The first-order valence-corrected chi connectivity index (χ1v) is 5.64. The molecule has 0 heterocycles. The van der Waals surface area contributed by atoms with Crippen LogP contribution in [-0.4, -0.2) is 13.6 Å². The summed E-state index contributed by atoms with van der Waals surface area (Å²) in [5, 5.41) is 3.31. The average molecular weight is 192 g/mol. The van der Waals surface area contributed by atoms with Crippen LogP contribution in [0.3, 0.4) is 0 Å². The van der Waals surface area contributed by atoms with Crippen molar-refractivity contribution in [1.29, 1.82) is 0 Å². The molecule has 1 rings (SSSR count). The first kappa shape index (κ1) is 11.5. The van der Waals surface area contributed by atoms with Gasteiger partial charge in [0.15, 0.2) is 0 Å². The zero-order valence-corrected chi connectivity index (χ0v) is 9.64. The molecule has 0 aliphatic heterocycles. The minimum absolute atomic E-state index is 0.305. The van der Waals surface area contributed by atoms with E-state index in [2.05, 4.69) is 37.4 Å². The van der Waals surface area contributed by atoms with Gasteiger partial charge in [0.1, 0.15) is 0 Å². The van der Waals surface area contributed by atoms with E-state index in [1.165, 1.54) is 12.8 Å². The van der Waals surface area contributed by atoms with Gasteiger partial charge in [-0.05, 0) is 25.5 Å². The predicted molar refractivity (Wildman–Crippen MR) is 62.0 cm³/mol. The molecule has 0 saturated carbocycles. The Labute approximate surface area is 88.3 Å². The Morgan fingerprint density at radius 1 is 1.57 bits per heavy atom. The second kappa shape index (κ2) is 5.35. The highest BCUT2D eigenvalue weighted by molar-refractivity contribution is 5.15. The molecule has 0 aromatic rings. The van der Waals surface area contributed by atoms with Gasteiger partial charge in [0.25, 0.3) is 0 Å². The zero-order valence-electron chi connectivity index (χ0n) is 9.64. The summed E-state index contributed by atoms with van der Waals surface area (Å²) in [5.41, 5.74) is 0.305. The fraction of sp³-hybridized carbons (Fsp3) is 0.692. The molecule has 0 amide bonds. The molecule has 0 fully saturated rings. The lowest BCUT2D eigenvalue weighted by atomic mass is 9.70. The molecule has 1 N–H and O–H groups in total. The van der Waals surface area contributed by atoms with Crippen LogP contribution in [0.5, 0.6) is 0 Å². The van der Waals surface area contributed by atoms with Crippen LogP contribution in [0.1, 0.15) is 33.1 Å². The maximum Gasteiger partial charge on any atom is 0.00755 e. The van der Waals surface area contributed by atoms with Crippen molar-refractivity contribution in [2.45, 2.75) is 33.1 Å². The van der Waals surface area contributed by atoms with Gasteiger partial charge in [0.2, 0.25) is 0 Å². The Morgan fingerprint density at radius 2 is 2.36 bits per heavy atom. The van der Waals surface area contributed by atoms with Crippen LogP contribution in [0.15, 0.2) is 18.2 Å². The smallest absolute Gasteiger partial charge is 0.00755 e. The number of hydrogen-bond donors (Lipinski definition) is 1. The molecular weight excluding hydrogens is 170 g/mol.